The summed E-state index contributed by atoms with van der Waals surface area (Å²) in [6, 6.07) is 6.16. The molecule has 0 heterocycles. The average molecular weight is 336 g/mol. The SMILES string of the molecule is Cc1ccc(OCC[NH2+]C[C@@H](C)O)c(I)c1. The summed E-state index contributed by atoms with van der Waals surface area (Å²) in [5, 5.41) is 11.1. The third-order valence-corrected chi connectivity index (χ3v) is 3.02. The first-order valence-corrected chi connectivity index (χ1v) is 6.56. The molecule has 1 aromatic carbocycles. The molecule has 0 spiro atoms. The fourth-order valence-electron chi connectivity index (χ4n) is 1.33. The molecule has 1 atom stereocenters. The number of aliphatic hydroxyl groups excluding tert-OH is 1. The predicted octanol–water partition coefficient (Wildman–Crippen LogP) is 0.923. The number of aryl methyl sites for hydroxylation is 1. The summed E-state index contributed by atoms with van der Waals surface area (Å²) >= 11 is 2.28. The molecule has 0 saturated carbocycles. The van der Waals surface area contributed by atoms with Crippen LogP contribution in [0.3, 0.4) is 0 Å². The van der Waals surface area contributed by atoms with Gasteiger partial charge in [-0.25, -0.2) is 0 Å². The molecule has 3 N–H and O–H groups in total. The minimum absolute atomic E-state index is 0.250. The Labute approximate surface area is 110 Å². The lowest BCUT2D eigenvalue weighted by Gasteiger charge is -2.08. The summed E-state index contributed by atoms with van der Waals surface area (Å²) < 4.78 is 6.80. The quantitative estimate of drug-likeness (QED) is 0.600. The number of hydrogen-bond donors (Lipinski definition) is 2. The number of nitrogens with two attached hydrogens (primary N) is 1. The molecule has 0 aromatic heterocycles. The molecule has 0 aliphatic heterocycles. The molecule has 1 rings (SSSR count). The molecule has 1 aromatic rings. The third kappa shape index (κ3) is 5.14. The Morgan fingerprint density at radius 3 is 2.88 bits per heavy atom. The number of halogens is 1. The summed E-state index contributed by atoms with van der Waals surface area (Å²) in [5.74, 6) is 0.941. The number of quaternary nitrogens is 1. The van der Waals surface area contributed by atoms with Gasteiger partial charge in [0.1, 0.15) is 25.4 Å². The van der Waals surface area contributed by atoms with Gasteiger partial charge in [-0.2, -0.15) is 0 Å². The molecule has 16 heavy (non-hydrogen) atoms. The van der Waals surface area contributed by atoms with Gasteiger partial charge in [0.25, 0.3) is 0 Å². The monoisotopic (exact) mass is 336 g/mol. The van der Waals surface area contributed by atoms with Gasteiger partial charge in [0, 0.05) is 0 Å². The van der Waals surface area contributed by atoms with Crippen molar-refractivity contribution < 1.29 is 15.2 Å². The minimum atomic E-state index is -0.250. The topological polar surface area (TPSA) is 46.1 Å². The zero-order valence-electron chi connectivity index (χ0n) is 9.74. The van der Waals surface area contributed by atoms with Crippen molar-refractivity contribution in [1.82, 2.24) is 0 Å². The average Bonchev–Trinajstić information content (AvgIpc) is 2.20. The summed E-state index contributed by atoms with van der Waals surface area (Å²) in [7, 11) is 0. The van der Waals surface area contributed by atoms with Crippen LogP contribution in [0.2, 0.25) is 0 Å². The van der Waals surface area contributed by atoms with Crippen LogP contribution in [0.1, 0.15) is 12.5 Å². The summed E-state index contributed by atoms with van der Waals surface area (Å²) in [6.07, 6.45) is -0.250. The molecule has 3 nitrogen and oxygen atoms in total. The first-order chi connectivity index (χ1) is 7.59. The van der Waals surface area contributed by atoms with Crippen molar-refractivity contribution in [3.8, 4) is 5.75 Å². The molecular formula is C12H19INO2+. The summed E-state index contributed by atoms with van der Waals surface area (Å²) in [6.45, 7) is 6.14. The van der Waals surface area contributed by atoms with E-state index in [1.807, 2.05) is 6.07 Å². The van der Waals surface area contributed by atoms with Gasteiger partial charge in [-0.1, -0.05) is 6.07 Å². The van der Waals surface area contributed by atoms with Gasteiger partial charge < -0.3 is 15.2 Å². The molecular weight excluding hydrogens is 317 g/mol. The summed E-state index contributed by atoms with van der Waals surface area (Å²) in [4.78, 5) is 0. The van der Waals surface area contributed by atoms with Gasteiger partial charge in [-0.3, -0.25) is 0 Å². The molecule has 0 radical (unpaired) electrons. The first kappa shape index (κ1) is 13.7. The molecule has 0 fully saturated rings. The molecule has 0 aliphatic rings. The van der Waals surface area contributed by atoms with Crippen molar-refractivity contribution in [2.45, 2.75) is 20.0 Å². The number of aliphatic hydroxyl groups is 1. The smallest absolute Gasteiger partial charge is 0.137 e. The zero-order valence-corrected chi connectivity index (χ0v) is 11.9. The van der Waals surface area contributed by atoms with Crippen molar-refractivity contribution in [3.63, 3.8) is 0 Å². The molecule has 0 amide bonds. The van der Waals surface area contributed by atoms with Gasteiger partial charge in [0.2, 0.25) is 0 Å². The Morgan fingerprint density at radius 1 is 1.50 bits per heavy atom. The van der Waals surface area contributed by atoms with Crippen molar-refractivity contribution in [2.24, 2.45) is 0 Å². The Hall–Kier alpha value is -0.330. The second-order valence-corrected chi connectivity index (χ2v) is 5.11. The van der Waals surface area contributed by atoms with Crippen LogP contribution in [-0.2, 0) is 0 Å². The highest BCUT2D eigenvalue weighted by Crippen LogP contribution is 2.21. The van der Waals surface area contributed by atoms with Gasteiger partial charge >= 0.3 is 0 Å². The van der Waals surface area contributed by atoms with Crippen LogP contribution in [0.4, 0.5) is 0 Å². The van der Waals surface area contributed by atoms with Gasteiger partial charge in [0.05, 0.1) is 9.67 Å². The van der Waals surface area contributed by atoms with Crippen LogP contribution in [0.15, 0.2) is 18.2 Å². The van der Waals surface area contributed by atoms with Crippen LogP contribution in [0.5, 0.6) is 5.75 Å². The second-order valence-electron chi connectivity index (χ2n) is 3.94. The van der Waals surface area contributed by atoms with E-state index in [2.05, 4.69) is 47.0 Å². The van der Waals surface area contributed by atoms with Crippen LogP contribution < -0.4 is 10.1 Å². The molecule has 0 bridgehead atoms. The van der Waals surface area contributed by atoms with Crippen LogP contribution in [-0.4, -0.2) is 30.9 Å². The largest absolute Gasteiger partial charge is 0.487 e. The standard InChI is InChI=1S/C12H18INO2/c1-9-3-4-12(11(13)7-9)16-6-5-14-8-10(2)15/h3-4,7,10,14-15H,5-6,8H2,1-2H3/p+1/t10-/m1/s1. The van der Waals surface area contributed by atoms with Crippen molar-refractivity contribution in [3.05, 3.63) is 27.3 Å². The molecule has 90 valence electrons. The molecule has 0 unspecified atom stereocenters. The zero-order chi connectivity index (χ0) is 12.0. The van der Waals surface area contributed by atoms with Gasteiger partial charge in [-0.05, 0) is 54.1 Å². The van der Waals surface area contributed by atoms with E-state index < -0.39 is 0 Å². The van der Waals surface area contributed by atoms with Crippen LogP contribution in [0, 0.1) is 10.5 Å². The maximum atomic E-state index is 9.07. The van der Waals surface area contributed by atoms with E-state index >= 15 is 0 Å². The van der Waals surface area contributed by atoms with E-state index in [1.165, 1.54) is 5.56 Å². The van der Waals surface area contributed by atoms with Gasteiger partial charge in [0.15, 0.2) is 0 Å². The number of rotatable bonds is 6. The Kier molecular flexibility index (Phi) is 6.08. The maximum absolute atomic E-state index is 9.07. The summed E-state index contributed by atoms with van der Waals surface area (Å²) in [5.41, 5.74) is 1.25. The normalized spacial score (nSPS) is 12.5. The Balaban J connectivity index is 2.27. The van der Waals surface area contributed by atoms with Crippen molar-refractivity contribution in [1.29, 1.82) is 0 Å². The van der Waals surface area contributed by atoms with E-state index in [0.717, 1.165) is 22.4 Å². The lowest BCUT2D eigenvalue weighted by Crippen LogP contribution is -2.87. The van der Waals surface area contributed by atoms with Gasteiger partial charge in [-0.15, -0.1) is 0 Å². The Morgan fingerprint density at radius 2 is 2.25 bits per heavy atom. The Bertz CT molecular complexity index is 329. The van der Waals surface area contributed by atoms with E-state index in [1.54, 1.807) is 6.92 Å². The highest BCUT2D eigenvalue weighted by atomic mass is 127. The van der Waals surface area contributed by atoms with E-state index in [-0.39, 0.29) is 6.10 Å². The first-order valence-electron chi connectivity index (χ1n) is 5.48. The fourth-order valence-corrected chi connectivity index (χ4v) is 2.16. The van der Waals surface area contributed by atoms with Crippen LogP contribution in [0.25, 0.3) is 0 Å². The number of ether oxygens (including phenoxy) is 1. The van der Waals surface area contributed by atoms with E-state index in [0.29, 0.717) is 6.61 Å². The maximum Gasteiger partial charge on any atom is 0.137 e. The van der Waals surface area contributed by atoms with Crippen molar-refractivity contribution >= 4 is 22.6 Å². The molecule has 0 aliphatic carbocycles. The highest BCUT2D eigenvalue weighted by Gasteiger charge is 2.02. The lowest BCUT2D eigenvalue weighted by atomic mass is 10.2. The fraction of sp³-hybridized carbons (Fsp3) is 0.500. The number of hydrogen-bond acceptors (Lipinski definition) is 2. The van der Waals surface area contributed by atoms with Crippen molar-refractivity contribution in [2.75, 3.05) is 19.7 Å². The predicted molar refractivity (Wildman–Crippen MR) is 72.7 cm³/mol. The highest BCUT2D eigenvalue weighted by molar-refractivity contribution is 14.1. The molecule has 0 saturated heterocycles. The third-order valence-electron chi connectivity index (χ3n) is 2.17. The van der Waals surface area contributed by atoms with Crippen LogP contribution >= 0.6 is 22.6 Å². The van der Waals surface area contributed by atoms with E-state index in [4.69, 9.17) is 9.84 Å². The van der Waals surface area contributed by atoms with E-state index in [9.17, 15) is 0 Å². The lowest BCUT2D eigenvalue weighted by molar-refractivity contribution is -0.661. The second kappa shape index (κ2) is 7.09. The number of benzene rings is 1. The minimum Gasteiger partial charge on any atom is -0.487 e. The molecule has 4 heteroatoms.